The van der Waals surface area contributed by atoms with Crippen LogP contribution in [0, 0.1) is 6.92 Å². The fourth-order valence-corrected chi connectivity index (χ4v) is 2.41. The lowest BCUT2D eigenvalue weighted by atomic mass is 9.96. The van der Waals surface area contributed by atoms with Gasteiger partial charge in [-0.3, -0.25) is 0 Å². The Bertz CT molecular complexity index is 495. The topological polar surface area (TPSA) is 29.3 Å². The third kappa shape index (κ3) is 1.71. The van der Waals surface area contributed by atoms with Gasteiger partial charge >= 0.3 is 0 Å². The Morgan fingerprint density at radius 2 is 2.38 bits per heavy atom. The molecule has 3 rings (SSSR count). The van der Waals surface area contributed by atoms with Gasteiger partial charge in [-0.25, -0.2) is 4.52 Å². The maximum Gasteiger partial charge on any atom is 0.0678 e. The fourth-order valence-electron chi connectivity index (χ4n) is 2.41. The highest BCUT2D eigenvalue weighted by atomic mass is 15.2. The van der Waals surface area contributed by atoms with E-state index in [0.29, 0.717) is 5.92 Å². The average molecular weight is 215 g/mol. The van der Waals surface area contributed by atoms with E-state index >= 15 is 0 Å². The molecule has 3 heterocycles. The molecule has 0 aliphatic carbocycles. The highest BCUT2D eigenvalue weighted by Crippen LogP contribution is 2.23. The molecule has 3 nitrogen and oxygen atoms in total. The van der Waals surface area contributed by atoms with Crippen LogP contribution in [-0.2, 0) is 0 Å². The van der Waals surface area contributed by atoms with Crippen molar-refractivity contribution in [1.29, 1.82) is 0 Å². The first-order valence-electron chi connectivity index (χ1n) is 5.99. The van der Waals surface area contributed by atoms with E-state index in [9.17, 15) is 0 Å². The van der Waals surface area contributed by atoms with Crippen molar-refractivity contribution in [2.45, 2.75) is 25.7 Å². The van der Waals surface area contributed by atoms with Crippen LogP contribution < -0.4 is 5.32 Å². The van der Waals surface area contributed by atoms with Gasteiger partial charge in [0.15, 0.2) is 0 Å². The molecule has 1 unspecified atom stereocenters. The molecular weight excluding hydrogens is 198 g/mol. The van der Waals surface area contributed by atoms with Gasteiger partial charge in [0.05, 0.1) is 11.2 Å². The first-order chi connectivity index (χ1) is 7.83. The van der Waals surface area contributed by atoms with Gasteiger partial charge in [-0.1, -0.05) is 6.07 Å². The smallest absolute Gasteiger partial charge is 0.0678 e. The molecule has 0 radical (unpaired) electrons. The molecule has 0 saturated carbocycles. The normalized spacial score (nSPS) is 21.4. The summed E-state index contributed by atoms with van der Waals surface area (Å²) in [5.74, 6) is 0.592. The number of pyridine rings is 1. The molecule has 3 heteroatoms. The summed E-state index contributed by atoms with van der Waals surface area (Å²) in [5, 5.41) is 8.11. The Hall–Kier alpha value is -1.35. The molecule has 0 bridgehead atoms. The molecule has 16 heavy (non-hydrogen) atoms. The highest BCUT2D eigenvalue weighted by Gasteiger charge is 2.17. The summed E-state index contributed by atoms with van der Waals surface area (Å²) in [6, 6.07) is 6.50. The minimum atomic E-state index is 0.592. The van der Waals surface area contributed by atoms with Crippen LogP contribution in [0.15, 0.2) is 24.4 Å². The van der Waals surface area contributed by atoms with Gasteiger partial charge in [0.25, 0.3) is 0 Å². The minimum Gasteiger partial charge on any atom is -0.316 e. The van der Waals surface area contributed by atoms with Crippen LogP contribution in [0.1, 0.15) is 30.0 Å². The van der Waals surface area contributed by atoms with Crippen LogP contribution in [-0.4, -0.2) is 22.7 Å². The molecule has 1 aliphatic rings. The van der Waals surface area contributed by atoms with Crippen molar-refractivity contribution < 1.29 is 0 Å². The molecule has 0 aromatic carbocycles. The van der Waals surface area contributed by atoms with Crippen molar-refractivity contribution in [3.05, 3.63) is 35.7 Å². The molecule has 1 aliphatic heterocycles. The zero-order chi connectivity index (χ0) is 11.0. The SMILES string of the molecule is Cc1ccc2cc(C3CCCNC3)nn2c1. The monoisotopic (exact) mass is 215 g/mol. The average Bonchev–Trinajstić information content (AvgIpc) is 2.73. The van der Waals surface area contributed by atoms with Crippen molar-refractivity contribution in [2.75, 3.05) is 13.1 Å². The number of piperidine rings is 1. The Morgan fingerprint density at radius 3 is 3.19 bits per heavy atom. The van der Waals surface area contributed by atoms with Crippen molar-refractivity contribution >= 4 is 5.52 Å². The zero-order valence-corrected chi connectivity index (χ0v) is 9.61. The van der Waals surface area contributed by atoms with E-state index in [0.717, 1.165) is 13.1 Å². The number of hydrogen-bond donors (Lipinski definition) is 1. The largest absolute Gasteiger partial charge is 0.316 e. The number of hydrogen-bond acceptors (Lipinski definition) is 2. The van der Waals surface area contributed by atoms with Crippen molar-refractivity contribution in [3.63, 3.8) is 0 Å². The summed E-state index contributed by atoms with van der Waals surface area (Å²) in [5.41, 5.74) is 3.69. The van der Waals surface area contributed by atoms with E-state index in [1.807, 2.05) is 4.52 Å². The van der Waals surface area contributed by atoms with E-state index in [2.05, 4.69) is 41.7 Å². The van der Waals surface area contributed by atoms with Crippen molar-refractivity contribution in [1.82, 2.24) is 14.9 Å². The maximum atomic E-state index is 4.67. The summed E-state index contributed by atoms with van der Waals surface area (Å²) >= 11 is 0. The fraction of sp³-hybridized carbons (Fsp3) is 0.462. The molecule has 1 N–H and O–H groups in total. The van der Waals surface area contributed by atoms with Crippen LogP contribution >= 0.6 is 0 Å². The van der Waals surface area contributed by atoms with Crippen molar-refractivity contribution in [2.24, 2.45) is 0 Å². The second kappa shape index (κ2) is 3.91. The molecule has 84 valence electrons. The third-order valence-electron chi connectivity index (χ3n) is 3.34. The first kappa shape index (κ1) is 9.85. The zero-order valence-electron chi connectivity index (χ0n) is 9.61. The second-order valence-corrected chi connectivity index (χ2v) is 4.69. The highest BCUT2D eigenvalue weighted by molar-refractivity contribution is 5.48. The van der Waals surface area contributed by atoms with E-state index in [1.165, 1.54) is 29.6 Å². The summed E-state index contributed by atoms with van der Waals surface area (Å²) in [6.45, 7) is 4.33. The lowest BCUT2D eigenvalue weighted by Gasteiger charge is -2.20. The van der Waals surface area contributed by atoms with Gasteiger partial charge in [0.1, 0.15) is 0 Å². The summed E-state index contributed by atoms with van der Waals surface area (Å²) < 4.78 is 2.00. The molecule has 1 saturated heterocycles. The minimum absolute atomic E-state index is 0.592. The van der Waals surface area contributed by atoms with Crippen LogP contribution in [0.25, 0.3) is 5.52 Å². The number of fused-ring (bicyclic) bond motifs is 1. The molecular formula is C13H17N3. The van der Waals surface area contributed by atoms with Crippen molar-refractivity contribution in [3.8, 4) is 0 Å². The molecule has 2 aromatic heterocycles. The molecule has 0 amide bonds. The van der Waals surface area contributed by atoms with Crippen LogP contribution in [0.2, 0.25) is 0 Å². The lowest BCUT2D eigenvalue weighted by Crippen LogP contribution is -2.28. The van der Waals surface area contributed by atoms with Gasteiger partial charge in [-0.05, 0) is 44.0 Å². The second-order valence-electron chi connectivity index (χ2n) is 4.69. The summed E-state index contributed by atoms with van der Waals surface area (Å²) in [6.07, 6.45) is 4.61. The standard InChI is InChI=1S/C13H17N3/c1-10-4-5-12-7-13(15-16(12)9-10)11-3-2-6-14-8-11/h4-5,7,9,11,14H,2-3,6,8H2,1H3. The van der Waals surface area contributed by atoms with Crippen LogP contribution in [0.4, 0.5) is 0 Å². The first-order valence-corrected chi connectivity index (χ1v) is 5.99. The maximum absolute atomic E-state index is 4.67. The van der Waals surface area contributed by atoms with Gasteiger partial charge < -0.3 is 5.32 Å². The van der Waals surface area contributed by atoms with Gasteiger partial charge in [-0.15, -0.1) is 0 Å². The Labute approximate surface area is 95.5 Å². The van der Waals surface area contributed by atoms with Crippen LogP contribution in [0.3, 0.4) is 0 Å². The number of nitrogens with one attached hydrogen (secondary N) is 1. The Morgan fingerprint density at radius 1 is 1.44 bits per heavy atom. The number of nitrogens with zero attached hydrogens (tertiary/aromatic N) is 2. The van der Waals surface area contributed by atoms with E-state index in [-0.39, 0.29) is 0 Å². The Balaban J connectivity index is 1.97. The quantitative estimate of drug-likeness (QED) is 0.789. The van der Waals surface area contributed by atoms with Gasteiger partial charge in [0, 0.05) is 18.7 Å². The predicted molar refractivity (Wildman–Crippen MR) is 64.8 cm³/mol. The predicted octanol–water partition coefficient (Wildman–Crippen LogP) is 2.11. The van der Waals surface area contributed by atoms with Crippen LogP contribution in [0.5, 0.6) is 0 Å². The number of aryl methyl sites for hydroxylation is 1. The number of rotatable bonds is 1. The lowest BCUT2D eigenvalue weighted by molar-refractivity contribution is 0.453. The summed E-state index contributed by atoms with van der Waals surface area (Å²) in [7, 11) is 0. The number of aromatic nitrogens is 2. The third-order valence-corrected chi connectivity index (χ3v) is 3.34. The van der Waals surface area contributed by atoms with E-state index in [1.54, 1.807) is 0 Å². The Kier molecular flexibility index (Phi) is 2.40. The van der Waals surface area contributed by atoms with E-state index in [4.69, 9.17) is 0 Å². The summed E-state index contributed by atoms with van der Waals surface area (Å²) in [4.78, 5) is 0. The molecule has 0 spiro atoms. The van der Waals surface area contributed by atoms with E-state index < -0.39 is 0 Å². The molecule has 1 atom stereocenters. The molecule has 2 aromatic rings. The van der Waals surface area contributed by atoms with Gasteiger partial charge in [-0.2, -0.15) is 5.10 Å². The molecule has 1 fully saturated rings. The van der Waals surface area contributed by atoms with Gasteiger partial charge in [0.2, 0.25) is 0 Å².